The van der Waals surface area contributed by atoms with Crippen molar-refractivity contribution in [3.8, 4) is 5.82 Å². The van der Waals surface area contributed by atoms with Gasteiger partial charge in [0.2, 0.25) is 0 Å². The molecular weight excluding hydrogens is 344 g/mol. The molecule has 1 aliphatic heterocycles. The van der Waals surface area contributed by atoms with E-state index in [-0.39, 0.29) is 0 Å². The molecule has 1 fully saturated rings. The molecule has 3 aromatic rings. The zero-order chi connectivity index (χ0) is 17.3. The minimum Gasteiger partial charge on any atom is -0.355 e. The van der Waals surface area contributed by atoms with Crippen LogP contribution in [0.15, 0.2) is 30.9 Å². The van der Waals surface area contributed by atoms with Crippen molar-refractivity contribution in [1.82, 2.24) is 24.7 Å². The number of thiazole rings is 1. The van der Waals surface area contributed by atoms with Crippen molar-refractivity contribution in [3.63, 3.8) is 0 Å². The lowest BCUT2D eigenvalue weighted by Gasteiger charge is -2.32. The lowest BCUT2D eigenvalue weighted by molar-refractivity contribution is 0.503. The number of aromatic nitrogens is 5. The van der Waals surface area contributed by atoms with Crippen molar-refractivity contribution in [2.75, 3.05) is 18.0 Å². The van der Waals surface area contributed by atoms with Gasteiger partial charge in [-0.2, -0.15) is 5.10 Å². The van der Waals surface area contributed by atoms with E-state index in [1.54, 1.807) is 17.1 Å². The number of hydrogen-bond donors (Lipinski definition) is 0. The van der Waals surface area contributed by atoms with Crippen molar-refractivity contribution < 1.29 is 0 Å². The van der Waals surface area contributed by atoms with Gasteiger partial charge in [-0.15, -0.1) is 11.3 Å². The summed E-state index contributed by atoms with van der Waals surface area (Å²) in [5.41, 5.74) is 1.37. The zero-order valence-electron chi connectivity index (χ0n) is 14.7. The maximum absolute atomic E-state index is 5.00. The van der Waals surface area contributed by atoms with Crippen molar-refractivity contribution in [2.24, 2.45) is 0 Å². The Morgan fingerprint density at radius 2 is 1.96 bits per heavy atom. The Balaban J connectivity index is 1.37. The summed E-state index contributed by atoms with van der Waals surface area (Å²) in [7, 11) is 0. The maximum atomic E-state index is 5.00. The molecule has 1 unspecified atom stereocenters. The zero-order valence-corrected chi connectivity index (χ0v) is 15.5. The molecule has 0 saturated carbocycles. The van der Waals surface area contributed by atoms with E-state index in [0.29, 0.717) is 5.92 Å². The molecule has 1 atom stereocenters. The van der Waals surface area contributed by atoms with Gasteiger partial charge < -0.3 is 4.90 Å². The summed E-state index contributed by atoms with van der Waals surface area (Å²) in [6.45, 7) is 2.00. The van der Waals surface area contributed by atoms with Crippen LogP contribution in [-0.2, 0) is 12.8 Å². The Labute approximate surface area is 156 Å². The second-order valence-corrected chi connectivity index (χ2v) is 8.22. The highest BCUT2D eigenvalue weighted by Crippen LogP contribution is 2.35. The number of nitrogens with zero attached hydrogens (tertiary/aromatic N) is 6. The van der Waals surface area contributed by atoms with Gasteiger partial charge in [-0.25, -0.2) is 14.6 Å². The SMILES string of the molecule is c1cnn(-c2cncc(N3CCCC(c4nc5c(s4)CCCC5)C3)n2)c1. The van der Waals surface area contributed by atoms with Gasteiger partial charge in [-0.3, -0.25) is 4.98 Å². The molecule has 0 N–H and O–H groups in total. The third kappa shape index (κ3) is 3.00. The Bertz CT molecular complexity index is 864. The van der Waals surface area contributed by atoms with Crippen LogP contribution in [0.4, 0.5) is 5.82 Å². The normalized spacial score (nSPS) is 20.2. The largest absolute Gasteiger partial charge is 0.355 e. The smallest absolute Gasteiger partial charge is 0.173 e. The first-order chi connectivity index (χ1) is 12.9. The molecule has 1 aliphatic carbocycles. The van der Waals surface area contributed by atoms with Gasteiger partial charge in [-0.1, -0.05) is 0 Å². The Morgan fingerprint density at radius 3 is 2.85 bits per heavy atom. The van der Waals surface area contributed by atoms with E-state index in [1.165, 1.54) is 54.1 Å². The summed E-state index contributed by atoms with van der Waals surface area (Å²) in [5, 5.41) is 5.59. The Morgan fingerprint density at radius 1 is 1.04 bits per heavy atom. The quantitative estimate of drug-likeness (QED) is 0.711. The summed E-state index contributed by atoms with van der Waals surface area (Å²) < 4.78 is 1.76. The highest BCUT2D eigenvalue weighted by Gasteiger charge is 2.27. The van der Waals surface area contributed by atoms with Gasteiger partial charge in [0.25, 0.3) is 0 Å². The number of anilines is 1. The average Bonchev–Trinajstić information content (AvgIpc) is 3.38. The first-order valence-corrected chi connectivity index (χ1v) is 10.2. The second kappa shape index (κ2) is 6.79. The van der Waals surface area contributed by atoms with E-state index in [4.69, 9.17) is 9.97 Å². The standard InChI is InChI=1S/C19H22N6S/c1-2-7-16-15(6-1)22-19(26-16)14-5-3-9-24(13-14)17-11-20-12-18(23-17)25-10-4-8-21-25/h4,8,10-12,14H,1-3,5-7,9,13H2. The molecule has 0 bridgehead atoms. The van der Waals surface area contributed by atoms with Crippen LogP contribution in [0.5, 0.6) is 0 Å². The van der Waals surface area contributed by atoms with Crippen LogP contribution in [0.25, 0.3) is 5.82 Å². The number of aryl methyl sites for hydroxylation is 2. The first-order valence-electron chi connectivity index (χ1n) is 9.42. The minimum absolute atomic E-state index is 0.509. The van der Waals surface area contributed by atoms with Gasteiger partial charge in [0.05, 0.1) is 23.1 Å². The van der Waals surface area contributed by atoms with Crippen molar-refractivity contribution in [3.05, 3.63) is 46.4 Å². The average molecular weight is 366 g/mol. The summed E-state index contributed by atoms with van der Waals surface area (Å²) in [4.78, 5) is 18.1. The third-order valence-corrected chi connectivity index (χ3v) is 6.62. The fourth-order valence-electron chi connectivity index (χ4n) is 3.95. The van der Waals surface area contributed by atoms with Gasteiger partial charge in [0, 0.05) is 36.3 Å². The molecule has 5 rings (SSSR count). The number of rotatable bonds is 3. The van der Waals surface area contributed by atoms with Crippen LogP contribution in [0.2, 0.25) is 0 Å². The van der Waals surface area contributed by atoms with Crippen LogP contribution < -0.4 is 4.90 Å². The number of piperidine rings is 1. The van der Waals surface area contributed by atoms with Crippen molar-refractivity contribution >= 4 is 17.2 Å². The molecule has 2 aliphatic rings. The molecule has 7 heteroatoms. The molecule has 4 heterocycles. The molecule has 0 radical (unpaired) electrons. The molecule has 1 saturated heterocycles. The van der Waals surface area contributed by atoms with E-state index >= 15 is 0 Å². The molecule has 6 nitrogen and oxygen atoms in total. The van der Waals surface area contributed by atoms with Crippen LogP contribution in [0.3, 0.4) is 0 Å². The number of hydrogen-bond acceptors (Lipinski definition) is 6. The predicted molar refractivity (Wildman–Crippen MR) is 102 cm³/mol. The predicted octanol–water partition coefficient (Wildman–Crippen LogP) is 3.38. The van der Waals surface area contributed by atoms with Crippen LogP contribution in [-0.4, -0.2) is 37.8 Å². The Kier molecular flexibility index (Phi) is 4.16. The van der Waals surface area contributed by atoms with Crippen LogP contribution >= 0.6 is 11.3 Å². The summed E-state index contributed by atoms with van der Waals surface area (Å²) in [6.07, 6.45) is 14.7. The molecule has 0 amide bonds. The molecule has 0 spiro atoms. The molecule has 0 aromatic carbocycles. The summed E-state index contributed by atoms with van der Waals surface area (Å²) in [6, 6.07) is 1.90. The van der Waals surface area contributed by atoms with Gasteiger partial charge in [0.1, 0.15) is 5.82 Å². The molecular formula is C19H22N6S. The monoisotopic (exact) mass is 366 g/mol. The van der Waals surface area contributed by atoms with E-state index in [1.807, 2.05) is 29.8 Å². The Hall–Kier alpha value is -2.28. The lowest BCUT2D eigenvalue weighted by Crippen LogP contribution is -2.35. The molecule has 3 aromatic heterocycles. The van der Waals surface area contributed by atoms with E-state index in [0.717, 1.165) is 24.7 Å². The second-order valence-electron chi connectivity index (χ2n) is 7.10. The molecule has 26 heavy (non-hydrogen) atoms. The van der Waals surface area contributed by atoms with Crippen LogP contribution in [0.1, 0.15) is 47.2 Å². The summed E-state index contributed by atoms with van der Waals surface area (Å²) >= 11 is 1.95. The first kappa shape index (κ1) is 15.9. The van der Waals surface area contributed by atoms with Gasteiger partial charge in [0.15, 0.2) is 5.82 Å². The van der Waals surface area contributed by atoms with E-state index in [9.17, 15) is 0 Å². The lowest BCUT2D eigenvalue weighted by atomic mass is 9.98. The highest BCUT2D eigenvalue weighted by atomic mass is 32.1. The van der Waals surface area contributed by atoms with E-state index in [2.05, 4.69) is 15.0 Å². The fourth-order valence-corrected chi connectivity index (χ4v) is 5.23. The van der Waals surface area contributed by atoms with Crippen LogP contribution in [0, 0.1) is 0 Å². The van der Waals surface area contributed by atoms with Gasteiger partial charge in [-0.05, 0) is 44.6 Å². The van der Waals surface area contributed by atoms with Crippen molar-refractivity contribution in [1.29, 1.82) is 0 Å². The number of fused-ring (bicyclic) bond motifs is 1. The topological polar surface area (TPSA) is 59.7 Å². The molecule has 134 valence electrons. The van der Waals surface area contributed by atoms with Crippen molar-refractivity contribution in [2.45, 2.75) is 44.4 Å². The maximum Gasteiger partial charge on any atom is 0.173 e. The summed E-state index contributed by atoms with van der Waals surface area (Å²) in [5.74, 6) is 2.21. The minimum atomic E-state index is 0.509. The fraction of sp³-hybridized carbons (Fsp3) is 0.474. The highest BCUT2D eigenvalue weighted by molar-refractivity contribution is 7.11. The van der Waals surface area contributed by atoms with Gasteiger partial charge >= 0.3 is 0 Å². The third-order valence-electron chi connectivity index (χ3n) is 5.31. The van der Waals surface area contributed by atoms with E-state index < -0.39 is 0 Å².